The van der Waals surface area contributed by atoms with Gasteiger partial charge in [-0.25, -0.2) is 4.39 Å². The van der Waals surface area contributed by atoms with E-state index in [9.17, 15) is 14.0 Å². The first-order valence-electron chi connectivity index (χ1n) is 8.59. The molecule has 0 saturated carbocycles. The molecule has 138 valence electrons. The van der Waals surface area contributed by atoms with E-state index in [1.807, 2.05) is 0 Å². The number of esters is 1. The molecule has 0 aromatic heterocycles. The highest BCUT2D eigenvalue weighted by molar-refractivity contribution is 5.99. The number of anilines is 1. The molecule has 0 radical (unpaired) electrons. The summed E-state index contributed by atoms with van der Waals surface area (Å²) in [6.45, 7) is 3.87. The van der Waals surface area contributed by atoms with Crippen molar-refractivity contribution < 1.29 is 18.7 Å². The first-order chi connectivity index (χ1) is 12.0. The number of methoxy groups -OCH3 is 1. The third-order valence-corrected chi connectivity index (χ3v) is 4.37. The number of halogens is 1. The van der Waals surface area contributed by atoms with Crippen molar-refractivity contribution >= 4 is 17.6 Å². The Bertz CT molecular complexity index is 601. The van der Waals surface area contributed by atoms with Crippen LogP contribution < -0.4 is 10.2 Å². The van der Waals surface area contributed by atoms with E-state index in [0.29, 0.717) is 31.4 Å². The molecule has 0 aliphatic carbocycles. The third-order valence-electron chi connectivity index (χ3n) is 4.37. The average molecular weight is 351 g/mol. The topological polar surface area (TPSA) is 61.9 Å². The van der Waals surface area contributed by atoms with Gasteiger partial charge in [0.05, 0.1) is 12.7 Å². The van der Waals surface area contributed by atoms with Crippen molar-refractivity contribution in [3.05, 3.63) is 29.6 Å². The summed E-state index contributed by atoms with van der Waals surface area (Å²) in [4.78, 5) is 27.9. The van der Waals surface area contributed by atoms with Crippen LogP contribution in [0.4, 0.5) is 10.1 Å². The lowest BCUT2D eigenvalue weighted by Gasteiger charge is -2.35. The highest BCUT2D eigenvalue weighted by Crippen LogP contribution is 2.23. The molecule has 1 amide bonds. The number of carbonyl (C=O) groups is 2. The standard InChI is InChI=1S/C18H26FN3O3/c1-21-9-11-22(12-10-21)16-7-6-14(19)13-15(16)18(24)20-8-4-3-5-17(23)25-2/h6-7,13H,3-5,8-12H2,1-2H3,(H,20,24). The van der Waals surface area contributed by atoms with E-state index in [2.05, 4.69) is 26.9 Å². The third kappa shape index (κ3) is 5.70. The second-order valence-corrected chi connectivity index (χ2v) is 6.24. The monoisotopic (exact) mass is 351 g/mol. The second-order valence-electron chi connectivity index (χ2n) is 6.24. The van der Waals surface area contributed by atoms with Crippen LogP contribution in [0.15, 0.2) is 18.2 Å². The highest BCUT2D eigenvalue weighted by Gasteiger charge is 2.20. The molecule has 6 nitrogen and oxygen atoms in total. The van der Waals surface area contributed by atoms with Crippen LogP contribution in [0.3, 0.4) is 0 Å². The Balaban J connectivity index is 1.94. The molecule has 1 aliphatic heterocycles. The summed E-state index contributed by atoms with van der Waals surface area (Å²) in [5, 5.41) is 2.81. The zero-order chi connectivity index (χ0) is 18.2. The number of benzene rings is 1. The molecule has 1 heterocycles. The molecule has 1 saturated heterocycles. The molecule has 1 aromatic rings. The van der Waals surface area contributed by atoms with Crippen molar-refractivity contribution in [3.63, 3.8) is 0 Å². The summed E-state index contributed by atoms with van der Waals surface area (Å²) < 4.78 is 18.2. The summed E-state index contributed by atoms with van der Waals surface area (Å²) in [5.74, 6) is -0.964. The highest BCUT2D eigenvalue weighted by atomic mass is 19.1. The van der Waals surface area contributed by atoms with E-state index in [1.54, 1.807) is 6.07 Å². The summed E-state index contributed by atoms with van der Waals surface area (Å²) >= 11 is 0. The summed E-state index contributed by atoms with van der Waals surface area (Å²) in [6.07, 6.45) is 1.64. The SMILES string of the molecule is COC(=O)CCCCNC(=O)c1cc(F)ccc1N1CCN(C)CC1. The number of unbranched alkanes of at least 4 members (excludes halogenated alkanes) is 1. The van der Waals surface area contributed by atoms with Crippen molar-refractivity contribution in [2.24, 2.45) is 0 Å². The molecule has 0 bridgehead atoms. The molecule has 2 rings (SSSR count). The van der Waals surface area contributed by atoms with Gasteiger partial charge in [0.2, 0.25) is 0 Å². The van der Waals surface area contributed by atoms with Gasteiger partial charge in [0.25, 0.3) is 5.91 Å². The van der Waals surface area contributed by atoms with E-state index in [4.69, 9.17) is 0 Å². The van der Waals surface area contributed by atoms with E-state index < -0.39 is 5.82 Å². The number of hydrogen-bond donors (Lipinski definition) is 1. The lowest BCUT2D eigenvalue weighted by Crippen LogP contribution is -2.45. The van der Waals surface area contributed by atoms with Crippen LogP contribution in [0.25, 0.3) is 0 Å². The zero-order valence-corrected chi connectivity index (χ0v) is 14.9. The molecule has 7 heteroatoms. The Labute approximate surface area is 147 Å². The summed E-state index contributed by atoms with van der Waals surface area (Å²) in [6, 6.07) is 4.35. The fourth-order valence-corrected chi connectivity index (χ4v) is 2.81. The lowest BCUT2D eigenvalue weighted by molar-refractivity contribution is -0.140. The van der Waals surface area contributed by atoms with Crippen molar-refractivity contribution in [2.45, 2.75) is 19.3 Å². The molecule has 1 fully saturated rings. The fraction of sp³-hybridized carbons (Fsp3) is 0.556. The van der Waals surface area contributed by atoms with Gasteiger partial charge in [0, 0.05) is 44.8 Å². The minimum absolute atomic E-state index is 0.256. The number of nitrogens with zero attached hydrogens (tertiary/aromatic N) is 2. The summed E-state index contributed by atoms with van der Waals surface area (Å²) in [5.41, 5.74) is 1.12. The first kappa shape index (κ1) is 19.2. The molecular formula is C18H26FN3O3. The van der Waals surface area contributed by atoms with Gasteiger partial charge in [-0.05, 0) is 38.1 Å². The Kier molecular flexibility index (Phi) is 7.18. The lowest BCUT2D eigenvalue weighted by atomic mass is 10.1. The maximum absolute atomic E-state index is 13.6. The van der Waals surface area contributed by atoms with Crippen molar-refractivity contribution in [2.75, 3.05) is 51.8 Å². The van der Waals surface area contributed by atoms with Gasteiger partial charge in [-0.2, -0.15) is 0 Å². The van der Waals surface area contributed by atoms with Gasteiger partial charge < -0.3 is 19.9 Å². The first-order valence-corrected chi connectivity index (χ1v) is 8.59. The average Bonchev–Trinajstić information content (AvgIpc) is 2.61. The van der Waals surface area contributed by atoms with E-state index in [-0.39, 0.29) is 11.9 Å². The number of carbonyl (C=O) groups excluding carboxylic acids is 2. The smallest absolute Gasteiger partial charge is 0.305 e. The number of rotatable bonds is 7. The molecule has 1 aliphatic rings. The molecular weight excluding hydrogens is 325 g/mol. The van der Waals surface area contributed by atoms with Crippen LogP contribution >= 0.6 is 0 Å². The number of nitrogens with one attached hydrogen (secondary N) is 1. The normalized spacial score (nSPS) is 15.1. The van der Waals surface area contributed by atoms with Crippen molar-refractivity contribution in [3.8, 4) is 0 Å². The maximum Gasteiger partial charge on any atom is 0.305 e. The summed E-state index contributed by atoms with van der Waals surface area (Å²) in [7, 11) is 3.41. The van der Waals surface area contributed by atoms with Gasteiger partial charge in [-0.1, -0.05) is 0 Å². The fourth-order valence-electron chi connectivity index (χ4n) is 2.81. The van der Waals surface area contributed by atoms with Crippen LogP contribution in [-0.2, 0) is 9.53 Å². The van der Waals surface area contributed by atoms with Gasteiger partial charge >= 0.3 is 5.97 Å². The second kappa shape index (κ2) is 9.36. The van der Waals surface area contributed by atoms with Crippen LogP contribution in [0.1, 0.15) is 29.6 Å². The van der Waals surface area contributed by atoms with Gasteiger partial charge in [-0.3, -0.25) is 9.59 Å². The number of likely N-dealkylation sites (N-methyl/N-ethyl adjacent to an activating group) is 1. The molecule has 25 heavy (non-hydrogen) atoms. The molecule has 0 atom stereocenters. The Hall–Kier alpha value is -2.15. The minimum atomic E-state index is -0.422. The van der Waals surface area contributed by atoms with Gasteiger partial charge in [0.1, 0.15) is 5.82 Å². The van der Waals surface area contributed by atoms with Gasteiger partial charge in [-0.15, -0.1) is 0 Å². The minimum Gasteiger partial charge on any atom is -0.469 e. The van der Waals surface area contributed by atoms with Gasteiger partial charge in [0.15, 0.2) is 0 Å². The predicted octanol–water partition coefficient (Wildman–Crippen LogP) is 1.65. The van der Waals surface area contributed by atoms with Crippen LogP contribution in [0, 0.1) is 5.82 Å². The Morgan fingerprint density at radius 1 is 1.20 bits per heavy atom. The zero-order valence-electron chi connectivity index (χ0n) is 14.9. The number of ether oxygens (including phenoxy) is 1. The largest absolute Gasteiger partial charge is 0.469 e. The number of amides is 1. The molecule has 0 unspecified atom stereocenters. The number of piperazine rings is 1. The Morgan fingerprint density at radius 3 is 2.60 bits per heavy atom. The van der Waals surface area contributed by atoms with Crippen LogP contribution in [0.5, 0.6) is 0 Å². The maximum atomic E-state index is 13.6. The molecule has 1 aromatic carbocycles. The number of hydrogen-bond acceptors (Lipinski definition) is 5. The molecule has 1 N–H and O–H groups in total. The van der Waals surface area contributed by atoms with E-state index in [0.717, 1.165) is 31.9 Å². The van der Waals surface area contributed by atoms with Crippen LogP contribution in [0.2, 0.25) is 0 Å². The van der Waals surface area contributed by atoms with Crippen molar-refractivity contribution in [1.82, 2.24) is 10.2 Å². The quantitative estimate of drug-likeness (QED) is 0.598. The van der Waals surface area contributed by atoms with Crippen LogP contribution in [-0.4, -0.2) is 63.7 Å². The van der Waals surface area contributed by atoms with Crippen molar-refractivity contribution in [1.29, 1.82) is 0 Å². The van der Waals surface area contributed by atoms with E-state index in [1.165, 1.54) is 19.2 Å². The molecule has 0 spiro atoms. The Morgan fingerprint density at radius 2 is 1.92 bits per heavy atom. The predicted molar refractivity (Wildman–Crippen MR) is 94.3 cm³/mol. The van der Waals surface area contributed by atoms with E-state index >= 15 is 0 Å².